The van der Waals surface area contributed by atoms with Gasteiger partial charge < -0.3 is 10.4 Å². The molecule has 0 radical (unpaired) electrons. The van der Waals surface area contributed by atoms with Crippen LogP contribution in [0.5, 0.6) is 0 Å². The van der Waals surface area contributed by atoms with E-state index in [9.17, 15) is 15.2 Å². The number of hydrogen-bond donors (Lipinski definition) is 2. The van der Waals surface area contributed by atoms with E-state index in [2.05, 4.69) is 17.2 Å². The van der Waals surface area contributed by atoms with Crippen molar-refractivity contribution in [3.63, 3.8) is 0 Å². The third-order valence-electron chi connectivity index (χ3n) is 3.91. The molecular weight excluding hydrogens is 246 g/mol. The Morgan fingerprint density at radius 2 is 2.37 bits per heavy atom. The lowest BCUT2D eigenvalue weighted by Crippen LogP contribution is -2.41. The smallest absolute Gasteiger partial charge is 0.287 e. The largest absolute Gasteiger partial charge is 0.392 e. The SMILES string of the molecule is CC1(CNc2ccc([N+](=O)[O-])cn2)CCCCC1O. The van der Waals surface area contributed by atoms with Crippen molar-refractivity contribution in [2.75, 3.05) is 11.9 Å². The number of rotatable bonds is 4. The predicted octanol–water partition coefficient (Wildman–Crippen LogP) is 2.34. The molecule has 1 saturated carbocycles. The van der Waals surface area contributed by atoms with Gasteiger partial charge in [-0.15, -0.1) is 0 Å². The van der Waals surface area contributed by atoms with Crippen LogP contribution in [0, 0.1) is 15.5 Å². The van der Waals surface area contributed by atoms with E-state index in [1.807, 2.05) is 0 Å². The minimum Gasteiger partial charge on any atom is -0.392 e. The lowest BCUT2D eigenvalue weighted by Gasteiger charge is -2.38. The molecular formula is C13H19N3O3. The van der Waals surface area contributed by atoms with E-state index >= 15 is 0 Å². The van der Waals surface area contributed by atoms with Crippen LogP contribution in [-0.2, 0) is 0 Å². The summed E-state index contributed by atoms with van der Waals surface area (Å²) in [5.41, 5.74) is -0.170. The summed E-state index contributed by atoms with van der Waals surface area (Å²) in [7, 11) is 0. The number of aliphatic hydroxyl groups is 1. The number of pyridine rings is 1. The van der Waals surface area contributed by atoms with E-state index in [1.165, 1.54) is 12.3 Å². The Bertz CT molecular complexity index is 449. The van der Waals surface area contributed by atoms with Crippen molar-refractivity contribution >= 4 is 11.5 Å². The topological polar surface area (TPSA) is 88.3 Å². The summed E-state index contributed by atoms with van der Waals surface area (Å²) in [6, 6.07) is 3.02. The van der Waals surface area contributed by atoms with Crippen LogP contribution >= 0.6 is 0 Å². The van der Waals surface area contributed by atoms with Crippen molar-refractivity contribution in [1.29, 1.82) is 0 Å². The van der Waals surface area contributed by atoms with Gasteiger partial charge in [-0.25, -0.2) is 4.98 Å². The van der Waals surface area contributed by atoms with Gasteiger partial charge in [-0.2, -0.15) is 0 Å². The van der Waals surface area contributed by atoms with Crippen molar-refractivity contribution in [3.8, 4) is 0 Å². The number of nitrogens with one attached hydrogen (secondary N) is 1. The van der Waals surface area contributed by atoms with E-state index in [0.717, 1.165) is 25.7 Å². The van der Waals surface area contributed by atoms with Gasteiger partial charge in [0, 0.05) is 18.0 Å². The second-order valence-corrected chi connectivity index (χ2v) is 5.43. The molecule has 1 aliphatic carbocycles. The first kappa shape index (κ1) is 13.7. The zero-order chi connectivity index (χ0) is 13.9. The maximum absolute atomic E-state index is 10.5. The second kappa shape index (κ2) is 5.52. The molecule has 0 amide bonds. The molecule has 19 heavy (non-hydrogen) atoms. The van der Waals surface area contributed by atoms with Gasteiger partial charge in [0.1, 0.15) is 12.0 Å². The highest BCUT2D eigenvalue weighted by Gasteiger charge is 2.35. The summed E-state index contributed by atoms with van der Waals surface area (Å²) in [5, 5.41) is 23.8. The minimum atomic E-state index is -0.469. The maximum Gasteiger partial charge on any atom is 0.287 e. The predicted molar refractivity (Wildman–Crippen MR) is 72.0 cm³/mol. The molecule has 1 aliphatic rings. The molecule has 2 rings (SSSR count). The standard InChI is InChI=1S/C13H19N3O3/c1-13(7-3-2-4-11(13)17)9-15-12-6-5-10(8-14-12)16(18)19/h5-6,8,11,17H,2-4,7,9H2,1H3,(H,14,15). The first-order valence-corrected chi connectivity index (χ1v) is 6.54. The Morgan fingerprint density at radius 1 is 1.58 bits per heavy atom. The average molecular weight is 265 g/mol. The molecule has 6 heteroatoms. The minimum absolute atomic E-state index is 0.0190. The van der Waals surface area contributed by atoms with Crippen LogP contribution in [0.2, 0.25) is 0 Å². The number of nitrogens with zero attached hydrogens (tertiary/aromatic N) is 2. The van der Waals surface area contributed by atoms with E-state index in [-0.39, 0.29) is 17.2 Å². The van der Waals surface area contributed by atoms with Gasteiger partial charge in [0.25, 0.3) is 5.69 Å². The first-order chi connectivity index (χ1) is 9.01. The summed E-state index contributed by atoms with van der Waals surface area (Å²) in [5.74, 6) is 0.601. The van der Waals surface area contributed by atoms with E-state index in [4.69, 9.17) is 0 Å². The Morgan fingerprint density at radius 3 is 2.95 bits per heavy atom. The van der Waals surface area contributed by atoms with Crippen molar-refractivity contribution in [2.45, 2.75) is 38.7 Å². The molecule has 1 fully saturated rings. The Hall–Kier alpha value is -1.69. The molecule has 0 bridgehead atoms. The summed E-state index contributed by atoms with van der Waals surface area (Å²) in [6.07, 6.45) is 4.96. The molecule has 2 N–H and O–H groups in total. The second-order valence-electron chi connectivity index (χ2n) is 5.43. The van der Waals surface area contributed by atoms with Crippen molar-refractivity contribution in [1.82, 2.24) is 4.98 Å². The fraction of sp³-hybridized carbons (Fsp3) is 0.615. The Kier molecular flexibility index (Phi) is 3.99. The van der Waals surface area contributed by atoms with Crippen LogP contribution in [-0.4, -0.2) is 27.7 Å². The zero-order valence-electron chi connectivity index (χ0n) is 11.0. The molecule has 0 saturated heterocycles. The highest BCUT2D eigenvalue weighted by Crippen LogP contribution is 2.36. The molecule has 0 aliphatic heterocycles. The van der Waals surface area contributed by atoms with Gasteiger partial charge in [-0.3, -0.25) is 10.1 Å². The molecule has 1 heterocycles. The Balaban J connectivity index is 1.96. The fourth-order valence-corrected chi connectivity index (χ4v) is 2.48. The van der Waals surface area contributed by atoms with Gasteiger partial charge >= 0.3 is 0 Å². The number of aliphatic hydroxyl groups excluding tert-OH is 1. The zero-order valence-corrected chi connectivity index (χ0v) is 11.0. The number of hydrogen-bond acceptors (Lipinski definition) is 5. The van der Waals surface area contributed by atoms with Crippen molar-refractivity contribution in [3.05, 3.63) is 28.4 Å². The van der Waals surface area contributed by atoms with Crippen LogP contribution in [0.3, 0.4) is 0 Å². The summed E-state index contributed by atoms with van der Waals surface area (Å²) >= 11 is 0. The van der Waals surface area contributed by atoms with Gasteiger partial charge in [-0.05, 0) is 18.9 Å². The van der Waals surface area contributed by atoms with Crippen molar-refractivity contribution < 1.29 is 10.0 Å². The van der Waals surface area contributed by atoms with Crippen LogP contribution in [0.25, 0.3) is 0 Å². The summed E-state index contributed by atoms with van der Waals surface area (Å²) < 4.78 is 0. The third-order valence-corrected chi connectivity index (χ3v) is 3.91. The molecule has 0 spiro atoms. The van der Waals surface area contributed by atoms with Gasteiger partial charge in [0.05, 0.1) is 11.0 Å². The average Bonchev–Trinajstić information content (AvgIpc) is 2.41. The summed E-state index contributed by atoms with van der Waals surface area (Å²) in [4.78, 5) is 14.1. The molecule has 2 atom stereocenters. The quantitative estimate of drug-likeness (QED) is 0.644. The molecule has 1 aromatic rings. The molecule has 2 unspecified atom stereocenters. The fourth-order valence-electron chi connectivity index (χ4n) is 2.48. The van der Waals surface area contributed by atoms with Crippen LogP contribution in [0.4, 0.5) is 11.5 Å². The number of aromatic nitrogens is 1. The van der Waals surface area contributed by atoms with Gasteiger partial charge in [0.2, 0.25) is 0 Å². The molecule has 1 aromatic heterocycles. The van der Waals surface area contributed by atoms with Gasteiger partial charge in [0.15, 0.2) is 0 Å². The number of nitro groups is 1. The van der Waals surface area contributed by atoms with Crippen LogP contribution in [0.1, 0.15) is 32.6 Å². The van der Waals surface area contributed by atoms with E-state index < -0.39 is 4.92 Å². The van der Waals surface area contributed by atoms with E-state index in [0.29, 0.717) is 12.4 Å². The highest BCUT2D eigenvalue weighted by molar-refractivity contribution is 5.40. The normalized spacial score (nSPS) is 26.9. The van der Waals surface area contributed by atoms with Crippen molar-refractivity contribution in [2.24, 2.45) is 5.41 Å². The highest BCUT2D eigenvalue weighted by atomic mass is 16.6. The molecule has 6 nitrogen and oxygen atoms in total. The van der Waals surface area contributed by atoms with Crippen LogP contribution in [0.15, 0.2) is 18.3 Å². The Labute approximate surface area is 112 Å². The monoisotopic (exact) mass is 265 g/mol. The van der Waals surface area contributed by atoms with Gasteiger partial charge in [-0.1, -0.05) is 19.8 Å². The molecule has 104 valence electrons. The number of anilines is 1. The summed E-state index contributed by atoms with van der Waals surface area (Å²) in [6.45, 7) is 2.69. The maximum atomic E-state index is 10.5. The lowest BCUT2D eigenvalue weighted by atomic mass is 9.73. The van der Waals surface area contributed by atoms with Crippen LogP contribution < -0.4 is 5.32 Å². The third kappa shape index (κ3) is 3.20. The lowest BCUT2D eigenvalue weighted by molar-refractivity contribution is -0.385. The first-order valence-electron chi connectivity index (χ1n) is 6.54. The molecule has 0 aromatic carbocycles. The van der Waals surface area contributed by atoms with E-state index in [1.54, 1.807) is 6.07 Å².